The van der Waals surface area contributed by atoms with Crippen LogP contribution in [0, 0.1) is 6.92 Å². The first-order valence-corrected chi connectivity index (χ1v) is 25.1. The number of thiophene rings is 1. The molecule has 0 aliphatic heterocycles. The summed E-state index contributed by atoms with van der Waals surface area (Å²) in [6.07, 6.45) is 9.98. The third kappa shape index (κ3) is 5.38. The quantitative estimate of drug-likeness (QED) is 0.113. The Morgan fingerprint density at radius 2 is 1.00 bits per heavy atom. The van der Waals surface area contributed by atoms with E-state index in [1.54, 1.807) is 0 Å². The molecule has 312 valence electrons. The number of allylic oxidation sites excluding steroid dienone is 2. The number of fused-ring (bicyclic) bond motifs is 10. The fourth-order valence-corrected chi connectivity index (χ4v) is 17.1. The van der Waals surface area contributed by atoms with Gasteiger partial charge in [0.1, 0.15) is 0 Å². The van der Waals surface area contributed by atoms with Crippen molar-refractivity contribution in [1.29, 1.82) is 0 Å². The van der Waals surface area contributed by atoms with Gasteiger partial charge in [0.15, 0.2) is 11.2 Å². The lowest BCUT2D eigenvalue weighted by Gasteiger charge is -2.32. The fraction of sp³-hybridized carbons (Fsp3) is 0.0169. The zero-order valence-electron chi connectivity index (χ0n) is 36.0. The highest BCUT2D eigenvalue weighted by Gasteiger charge is 2.48. The number of pyridine rings is 2. The molecule has 5 nitrogen and oxygen atoms in total. The zero-order valence-corrected chi connectivity index (χ0v) is 37.8. The number of furan rings is 1. The van der Waals surface area contributed by atoms with Crippen molar-refractivity contribution in [3.8, 4) is 11.4 Å². The van der Waals surface area contributed by atoms with Crippen molar-refractivity contribution in [3.05, 3.63) is 224 Å². The molecule has 7 heteroatoms. The van der Waals surface area contributed by atoms with Crippen LogP contribution in [0.4, 0.5) is 0 Å². The van der Waals surface area contributed by atoms with Gasteiger partial charge in [-0.1, -0.05) is 164 Å². The van der Waals surface area contributed by atoms with Crippen LogP contribution in [-0.4, -0.2) is 27.2 Å². The number of rotatable bonds is 8. The second-order valence-corrected chi connectivity index (χ2v) is 21.5. The number of hydrogen-bond donors (Lipinski definition) is 0. The molecule has 6 heterocycles. The highest BCUT2D eigenvalue weighted by atomic mass is 32.1. The van der Waals surface area contributed by atoms with Crippen molar-refractivity contribution >= 4 is 121 Å². The largest absolute Gasteiger partial charge is 0.452 e. The summed E-state index contributed by atoms with van der Waals surface area (Å²) in [6, 6.07) is 65.6. The minimum atomic E-state index is -3.43. The predicted octanol–water partition coefficient (Wildman–Crippen LogP) is 12.7. The summed E-state index contributed by atoms with van der Waals surface area (Å²) in [6.45, 7) is 6.14. The average molecular weight is 881 g/mol. The maximum absolute atomic E-state index is 7.44. The van der Waals surface area contributed by atoms with Gasteiger partial charge in [-0.05, 0) is 59.8 Å². The van der Waals surface area contributed by atoms with E-state index >= 15 is 0 Å². The first kappa shape index (κ1) is 38.4. The predicted molar refractivity (Wildman–Crippen MR) is 281 cm³/mol. The number of aromatic nitrogens is 4. The van der Waals surface area contributed by atoms with Crippen molar-refractivity contribution in [2.75, 3.05) is 0 Å². The Labute approximate surface area is 385 Å². The highest BCUT2D eigenvalue weighted by Crippen LogP contribution is 2.42. The van der Waals surface area contributed by atoms with E-state index in [9.17, 15) is 0 Å². The maximum atomic E-state index is 7.44. The topological polar surface area (TPSA) is 48.8 Å². The van der Waals surface area contributed by atoms with Gasteiger partial charge in [-0.15, -0.1) is 11.3 Å². The first-order valence-electron chi connectivity index (χ1n) is 22.3. The van der Waals surface area contributed by atoms with Crippen molar-refractivity contribution < 1.29 is 4.42 Å². The molecule has 0 atom stereocenters. The van der Waals surface area contributed by atoms with E-state index in [2.05, 4.69) is 211 Å². The Bertz CT molecular complexity index is 4010. The summed E-state index contributed by atoms with van der Waals surface area (Å²) < 4.78 is 14.6. The van der Waals surface area contributed by atoms with E-state index in [0.717, 1.165) is 65.4 Å². The normalized spacial score (nSPS) is 12.3. The molecule has 13 aromatic rings. The van der Waals surface area contributed by atoms with Crippen molar-refractivity contribution in [1.82, 2.24) is 19.1 Å². The van der Waals surface area contributed by atoms with Crippen LogP contribution >= 0.6 is 11.3 Å². The van der Waals surface area contributed by atoms with Crippen LogP contribution in [-0.2, 0) is 0 Å². The Hall–Kier alpha value is -8.10. The standard InChI is InChI=1S/C59H40N4OSSi/c1-3-4-23-41-38(2)62(49-29-14-11-24-42(41)49)52-32-17-27-45-46-34-36-60-58(55(46)64-54(45)52)66(39-19-7-5-8-20-39,40-21-9-6-10-22-40)59-57-48(35-37-61-59)47-28-18-33-53(56(47)65-57)63-50-30-15-12-25-43(50)44-26-13-16-31-51(44)63/h3-37H,1H2,2H3/b23-4-. The van der Waals surface area contributed by atoms with E-state index < -0.39 is 8.07 Å². The highest BCUT2D eigenvalue weighted by molar-refractivity contribution is 7.31. The van der Waals surface area contributed by atoms with Gasteiger partial charge in [-0.2, -0.15) is 0 Å². The Morgan fingerprint density at radius 3 is 1.67 bits per heavy atom. The molecule has 0 saturated carbocycles. The molecule has 7 aromatic carbocycles. The molecule has 13 rings (SSSR count). The van der Waals surface area contributed by atoms with Crippen molar-refractivity contribution in [2.45, 2.75) is 6.92 Å². The molecular weight excluding hydrogens is 841 g/mol. The second-order valence-electron chi connectivity index (χ2n) is 16.9. The molecule has 0 N–H and O–H groups in total. The van der Waals surface area contributed by atoms with Crippen molar-refractivity contribution in [3.63, 3.8) is 0 Å². The molecule has 0 saturated heterocycles. The van der Waals surface area contributed by atoms with Crippen LogP contribution in [0.5, 0.6) is 0 Å². The first-order chi connectivity index (χ1) is 32.7. The van der Waals surface area contributed by atoms with Gasteiger partial charge in [-0.3, -0.25) is 9.97 Å². The van der Waals surface area contributed by atoms with E-state index in [-0.39, 0.29) is 0 Å². The summed E-state index contributed by atoms with van der Waals surface area (Å²) in [5, 5.41) is 12.4. The molecular formula is C59H40N4OSSi. The Balaban J connectivity index is 1.14. The molecule has 0 amide bonds. The summed E-state index contributed by atoms with van der Waals surface area (Å²) >= 11 is 1.84. The average Bonchev–Trinajstić information content (AvgIpc) is 4.12. The summed E-state index contributed by atoms with van der Waals surface area (Å²) in [5.41, 5.74) is 9.51. The minimum Gasteiger partial charge on any atom is -0.452 e. The number of para-hydroxylation sites is 4. The van der Waals surface area contributed by atoms with Gasteiger partial charge < -0.3 is 13.6 Å². The summed E-state index contributed by atoms with van der Waals surface area (Å²) in [4.78, 5) is 11.1. The molecule has 6 aromatic heterocycles. The lowest BCUT2D eigenvalue weighted by atomic mass is 10.1. The minimum absolute atomic E-state index is 0.783. The molecule has 0 bridgehead atoms. The van der Waals surface area contributed by atoms with Gasteiger partial charge in [0.05, 0.1) is 48.0 Å². The fourth-order valence-electron chi connectivity index (χ4n) is 10.8. The molecule has 0 spiro atoms. The Kier molecular flexibility index (Phi) is 8.71. The molecule has 0 aliphatic rings. The van der Waals surface area contributed by atoms with Crippen LogP contribution in [0.1, 0.15) is 11.3 Å². The van der Waals surface area contributed by atoms with E-state index in [4.69, 9.17) is 14.4 Å². The Morgan fingerprint density at radius 1 is 0.485 bits per heavy atom. The van der Waals surface area contributed by atoms with Crippen LogP contribution in [0.15, 0.2) is 218 Å². The maximum Gasteiger partial charge on any atom is 0.230 e. The third-order valence-corrected chi connectivity index (χ3v) is 19.5. The SMILES string of the molecule is C=C/C=C\c1c(C)n(-c2cccc3c2oc2c([Si](c4ccccc4)(c4ccccc4)c4nccc5c4sc4c(-n6c7ccccc7c7ccccc76)cccc45)nccc23)c2ccccc12. The molecule has 0 fully saturated rings. The summed E-state index contributed by atoms with van der Waals surface area (Å²) in [5.74, 6) is 0. The third-order valence-electron chi connectivity index (χ3n) is 13.5. The van der Waals surface area contributed by atoms with E-state index in [1.165, 1.54) is 53.0 Å². The molecule has 0 unspecified atom stereocenters. The van der Waals surface area contributed by atoms with E-state index in [1.807, 2.05) is 35.9 Å². The van der Waals surface area contributed by atoms with Gasteiger partial charge in [0.2, 0.25) is 8.07 Å². The van der Waals surface area contributed by atoms with Gasteiger partial charge >= 0.3 is 0 Å². The second kappa shape index (κ2) is 15.0. The molecule has 0 radical (unpaired) electrons. The van der Waals surface area contributed by atoms with Crippen molar-refractivity contribution in [2.24, 2.45) is 0 Å². The van der Waals surface area contributed by atoms with Gasteiger partial charge in [0, 0.05) is 61.4 Å². The van der Waals surface area contributed by atoms with Crippen LogP contribution in [0.2, 0.25) is 0 Å². The zero-order chi connectivity index (χ0) is 43.9. The smallest absolute Gasteiger partial charge is 0.230 e. The lowest BCUT2D eigenvalue weighted by molar-refractivity contribution is 0.666. The van der Waals surface area contributed by atoms with Gasteiger partial charge in [-0.25, -0.2) is 0 Å². The van der Waals surface area contributed by atoms with Crippen LogP contribution in [0.25, 0.3) is 92.3 Å². The summed E-state index contributed by atoms with van der Waals surface area (Å²) in [7, 11) is -3.43. The molecule has 0 aliphatic carbocycles. The lowest BCUT2D eigenvalue weighted by Crippen LogP contribution is -2.76. The van der Waals surface area contributed by atoms with Crippen LogP contribution in [0.3, 0.4) is 0 Å². The number of benzene rings is 7. The van der Waals surface area contributed by atoms with Crippen LogP contribution < -0.4 is 21.0 Å². The number of hydrogen-bond acceptors (Lipinski definition) is 4. The van der Waals surface area contributed by atoms with E-state index in [0.29, 0.717) is 0 Å². The van der Waals surface area contributed by atoms with Gasteiger partial charge in [0.25, 0.3) is 0 Å². The number of nitrogens with zero attached hydrogens (tertiary/aromatic N) is 4. The molecule has 66 heavy (non-hydrogen) atoms. The monoisotopic (exact) mass is 880 g/mol.